The van der Waals surface area contributed by atoms with Gasteiger partial charge in [0.15, 0.2) is 0 Å². The second kappa shape index (κ2) is 8.40. The zero-order valence-electron chi connectivity index (χ0n) is 19.0. The first-order chi connectivity index (χ1) is 16.5. The quantitative estimate of drug-likeness (QED) is 0.655. The number of hydrogen-bond donors (Lipinski definition) is 2. The first-order valence-electron chi connectivity index (χ1n) is 12.0. The second-order valence-electron chi connectivity index (χ2n) is 10.1. The zero-order chi connectivity index (χ0) is 23.4. The number of aryl methyl sites for hydroxylation is 1. The number of anilines is 3. The van der Waals surface area contributed by atoms with Gasteiger partial charge in [0, 0.05) is 60.9 Å². The number of aromatic nitrogens is 1. The number of fused-ring (bicyclic) bond motifs is 2. The molecule has 9 heteroatoms. The van der Waals surface area contributed by atoms with Crippen LogP contribution >= 0.6 is 11.6 Å². The van der Waals surface area contributed by atoms with Gasteiger partial charge in [-0.3, -0.25) is 4.21 Å². The molecule has 3 fully saturated rings. The Morgan fingerprint density at radius 2 is 1.85 bits per heavy atom. The first-order valence-corrected chi connectivity index (χ1v) is 13.7. The minimum absolute atomic E-state index is 0.00529. The van der Waals surface area contributed by atoms with Gasteiger partial charge < -0.3 is 20.2 Å². The zero-order valence-corrected chi connectivity index (χ0v) is 20.5. The van der Waals surface area contributed by atoms with E-state index >= 15 is 0 Å². The topological polar surface area (TPSA) is 92.5 Å². The predicted molar refractivity (Wildman–Crippen MR) is 134 cm³/mol. The Morgan fingerprint density at radius 1 is 1.18 bits per heavy atom. The summed E-state index contributed by atoms with van der Waals surface area (Å²) >= 11 is 6.06. The lowest BCUT2D eigenvalue weighted by Gasteiger charge is -2.42. The molecule has 1 saturated carbocycles. The van der Waals surface area contributed by atoms with Crippen molar-refractivity contribution in [2.45, 2.75) is 36.1 Å². The van der Waals surface area contributed by atoms with Gasteiger partial charge in [-0.05, 0) is 43.5 Å². The summed E-state index contributed by atoms with van der Waals surface area (Å²) < 4.78 is 12.9. The monoisotopic (exact) mass is 497 g/mol. The maximum atomic E-state index is 12.9. The van der Waals surface area contributed by atoms with Crippen LogP contribution in [0, 0.1) is 23.2 Å². The number of hydrogen-bond acceptors (Lipinski definition) is 7. The Balaban J connectivity index is 1.29. The Morgan fingerprint density at radius 3 is 2.44 bits per heavy atom. The Kier molecular flexibility index (Phi) is 5.47. The van der Waals surface area contributed by atoms with Crippen LogP contribution in [0.2, 0.25) is 5.02 Å². The van der Waals surface area contributed by atoms with Gasteiger partial charge in [-0.1, -0.05) is 11.6 Å². The van der Waals surface area contributed by atoms with E-state index in [1.165, 1.54) is 5.69 Å². The molecule has 0 radical (unpaired) electrons. The molecule has 2 saturated heterocycles. The highest BCUT2D eigenvalue weighted by Gasteiger charge is 2.43. The van der Waals surface area contributed by atoms with Crippen molar-refractivity contribution in [1.29, 1.82) is 5.26 Å². The molecule has 1 aromatic heterocycles. The molecule has 34 heavy (non-hydrogen) atoms. The lowest BCUT2D eigenvalue weighted by molar-refractivity contribution is 0.144. The summed E-state index contributed by atoms with van der Waals surface area (Å²) in [5.74, 6) is 2.25. The molecule has 178 valence electrons. The Bertz CT molecular complexity index is 1170. The number of halogens is 1. The van der Waals surface area contributed by atoms with E-state index in [2.05, 4.69) is 33.3 Å². The highest BCUT2D eigenvalue weighted by Crippen LogP contribution is 2.44. The van der Waals surface area contributed by atoms with Crippen molar-refractivity contribution in [3.8, 4) is 6.07 Å². The molecular formula is C25H28ClN5O2S. The molecule has 2 N–H and O–H groups in total. The summed E-state index contributed by atoms with van der Waals surface area (Å²) in [7, 11) is -1.17. The minimum atomic E-state index is -1.17. The molecule has 1 aliphatic carbocycles. The van der Waals surface area contributed by atoms with Crippen LogP contribution in [0.1, 0.15) is 30.5 Å². The van der Waals surface area contributed by atoms with Crippen molar-refractivity contribution >= 4 is 39.6 Å². The van der Waals surface area contributed by atoms with Crippen LogP contribution in [0.5, 0.6) is 0 Å². The molecular weight excluding hydrogens is 470 g/mol. The standard InChI is InChI=1S/C25H28ClN5O2S/c26-18-2-4-19(5-3-18)30-11-16-13-31(14-17(16)12-30)24-20(10-27)22(29-25(15-32)7-1-8-25)23-21(28-24)6-9-34(23)33/h2-5,16-17,32H,1,6-9,11-15H2,(H,28,29). The maximum Gasteiger partial charge on any atom is 0.149 e. The third kappa shape index (κ3) is 3.57. The number of nitrogens with one attached hydrogen (secondary N) is 1. The van der Waals surface area contributed by atoms with Gasteiger partial charge >= 0.3 is 0 Å². The van der Waals surface area contributed by atoms with E-state index in [1.54, 1.807) is 0 Å². The Labute approximate surface area is 207 Å². The molecule has 0 bridgehead atoms. The first kappa shape index (κ1) is 22.1. The average molecular weight is 498 g/mol. The van der Waals surface area contributed by atoms with Crippen molar-refractivity contribution < 1.29 is 9.32 Å². The molecule has 4 aliphatic rings. The maximum absolute atomic E-state index is 12.9. The van der Waals surface area contributed by atoms with Gasteiger partial charge in [0.1, 0.15) is 17.5 Å². The summed E-state index contributed by atoms with van der Waals surface area (Å²) in [5, 5.41) is 24.5. The SMILES string of the molecule is N#Cc1c(N2CC3CN(c4ccc(Cl)cc4)CC3C2)nc2c(c1NC1(CO)CCC1)S(=O)CC2. The van der Waals surface area contributed by atoms with Crippen LogP contribution in [0.25, 0.3) is 0 Å². The van der Waals surface area contributed by atoms with Crippen molar-refractivity contribution in [1.82, 2.24) is 4.98 Å². The largest absolute Gasteiger partial charge is 0.394 e. The minimum Gasteiger partial charge on any atom is -0.394 e. The number of aliphatic hydroxyl groups is 1. The fourth-order valence-electron chi connectivity index (χ4n) is 5.98. The van der Waals surface area contributed by atoms with Crippen molar-refractivity contribution in [3.05, 3.63) is 40.5 Å². The van der Waals surface area contributed by atoms with Gasteiger partial charge in [0.2, 0.25) is 0 Å². The molecule has 6 rings (SSSR count). The fraction of sp³-hybridized carbons (Fsp3) is 0.520. The number of rotatable bonds is 5. The third-order valence-electron chi connectivity index (χ3n) is 8.05. The van der Waals surface area contributed by atoms with E-state index in [9.17, 15) is 14.6 Å². The molecule has 1 aromatic carbocycles. The average Bonchev–Trinajstić information content (AvgIpc) is 3.49. The number of nitrogens with zero attached hydrogens (tertiary/aromatic N) is 4. The normalized spacial score (nSPS) is 26.7. The fourth-order valence-corrected chi connectivity index (χ4v) is 7.48. The van der Waals surface area contributed by atoms with Crippen molar-refractivity contribution in [2.75, 3.05) is 53.7 Å². The number of aliphatic hydroxyl groups excluding tert-OH is 1. The van der Waals surface area contributed by atoms with Crippen molar-refractivity contribution in [3.63, 3.8) is 0 Å². The van der Waals surface area contributed by atoms with Gasteiger partial charge in [-0.2, -0.15) is 5.26 Å². The summed E-state index contributed by atoms with van der Waals surface area (Å²) in [4.78, 5) is 10.3. The number of nitriles is 1. The number of benzene rings is 1. The van der Waals surface area contributed by atoms with Gasteiger partial charge in [-0.25, -0.2) is 4.98 Å². The highest BCUT2D eigenvalue weighted by atomic mass is 35.5. The van der Waals surface area contributed by atoms with E-state index in [4.69, 9.17) is 16.6 Å². The summed E-state index contributed by atoms with van der Waals surface area (Å²) in [5.41, 5.74) is 2.73. The van der Waals surface area contributed by atoms with Gasteiger partial charge in [-0.15, -0.1) is 0 Å². The summed E-state index contributed by atoms with van der Waals surface area (Å²) in [6.07, 6.45) is 3.40. The van der Waals surface area contributed by atoms with Crippen LogP contribution in [-0.2, 0) is 17.2 Å². The molecule has 4 heterocycles. The smallest absolute Gasteiger partial charge is 0.149 e. The van der Waals surface area contributed by atoms with E-state index in [-0.39, 0.29) is 6.61 Å². The van der Waals surface area contributed by atoms with Crippen LogP contribution in [0.4, 0.5) is 17.2 Å². The van der Waals surface area contributed by atoms with Crippen LogP contribution in [0.15, 0.2) is 29.2 Å². The Hall–Kier alpha value is -2.34. The van der Waals surface area contributed by atoms with Crippen LogP contribution in [-0.4, -0.2) is 58.4 Å². The van der Waals surface area contributed by atoms with Gasteiger partial charge in [0.25, 0.3) is 0 Å². The molecule has 0 spiro atoms. The summed E-state index contributed by atoms with van der Waals surface area (Å²) in [6, 6.07) is 10.4. The lowest BCUT2D eigenvalue weighted by Crippen LogP contribution is -2.48. The molecule has 3 unspecified atom stereocenters. The van der Waals surface area contributed by atoms with E-state index < -0.39 is 16.3 Å². The molecule has 2 aromatic rings. The number of pyridine rings is 1. The van der Waals surface area contributed by atoms with E-state index in [0.717, 1.165) is 56.2 Å². The lowest BCUT2D eigenvalue weighted by atomic mass is 9.77. The molecule has 0 amide bonds. The molecule has 3 atom stereocenters. The summed E-state index contributed by atoms with van der Waals surface area (Å²) in [6.45, 7) is 3.65. The third-order valence-corrected chi connectivity index (χ3v) is 9.77. The van der Waals surface area contributed by atoms with E-state index in [0.29, 0.717) is 46.0 Å². The predicted octanol–water partition coefficient (Wildman–Crippen LogP) is 3.17. The van der Waals surface area contributed by atoms with Gasteiger partial charge in [0.05, 0.1) is 39.2 Å². The van der Waals surface area contributed by atoms with Crippen LogP contribution in [0.3, 0.4) is 0 Å². The highest BCUT2D eigenvalue weighted by molar-refractivity contribution is 7.85. The van der Waals surface area contributed by atoms with E-state index in [1.807, 2.05) is 12.1 Å². The van der Waals surface area contributed by atoms with Crippen LogP contribution < -0.4 is 15.1 Å². The second-order valence-corrected chi connectivity index (χ2v) is 12.0. The molecule has 7 nitrogen and oxygen atoms in total. The van der Waals surface area contributed by atoms with Crippen molar-refractivity contribution in [2.24, 2.45) is 11.8 Å². The molecule has 3 aliphatic heterocycles.